The molecule has 6 aromatic carbocycles. The normalized spacial score (nSPS) is 14.0. The van der Waals surface area contributed by atoms with Crippen molar-refractivity contribution in [3.63, 3.8) is 0 Å². The van der Waals surface area contributed by atoms with Gasteiger partial charge < -0.3 is 4.74 Å². The molecule has 0 aliphatic rings. The van der Waals surface area contributed by atoms with Crippen LogP contribution in [0.15, 0.2) is 146 Å². The number of ether oxygens (including phenoxy) is 1. The van der Waals surface area contributed by atoms with Gasteiger partial charge in [0.2, 0.25) is 0 Å². The van der Waals surface area contributed by atoms with E-state index in [4.69, 9.17) is 25.7 Å². The van der Waals surface area contributed by atoms with E-state index in [2.05, 4.69) is 39.0 Å². The quantitative estimate of drug-likeness (QED) is 0.165. The molecule has 2 aromatic heterocycles. The van der Waals surface area contributed by atoms with Gasteiger partial charge in [0, 0.05) is 27.1 Å². The van der Waals surface area contributed by atoms with Crippen LogP contribution in [0.4, 0.5) is 0 Å². The number of benzene rings is 6. The summed E-state index contributed by atoms with van der Waals surface area (Å²) in [5, 5.41) is 0. The lowest BCUT2D eigenvalue weighted by Gasteiger charge is -2.22. The van der Waals surface area contributed by atoms with E-state index < -0.39 is 25.0 Å². The number of methoxy groups -OCH3 is 1. The second-order valence-electron chi connectivity index (χ2n) is 14.7. The number of aromatic nitrogens is 3. The van der Waals surface area contributed by atoms with Crippen molar-refractivity contribution in [3.05, 3.63) is 168 Å². The smallest absolute Gasteiger partial charge is 0.149 e. The van der Waals surface area contributed by atoms with Crippen LogP contribution in [0.25, 0.3) is 72.7 Å². The SMILES string of the molecule is [2H]c1c([2H])c([2H])c(-c2ccnc(-c3cc(-c4cccc5c4nc(-c4cc(C)cc(C)c4OC)n5-c4cc(-c5ccccc5)cc(C([2H])([2H])[2H])c4)cc(C(C)(C)C)c3)c2)c([2H])c1[2H]. The zero-order valence-electron chi connectivity index (χ0n) is 39.2. The fourth-order valence-electron chi connectivity index (χ4n) is 7.21. The predicted octanol–water partition coefficient (Wildman–Crippen LogP) is 13.0. The van der Waals surface area contributed by atoms with Crippen molar-refractivity contribution in [1.29, 1.82) is 0 Å². The Morgan fingerprint density at radius 1 is 0.667 bits per heavy atom. The maximum absolute atomic E-state index is 8.64. The molecule has 0 atom stereocenters. The molecule has 2 heterocycles. The standard InChI is InChI=1S/C50H45N3O/c1-32-23-34(3)48(54-7)44(26-32)49-52-47-43(19-14-20-46(47)53(49)42-25-33(2)24-38(30-42)36-17-12-9-13-18-36)39-27-40(29-41(28-39)50(4,5)6)45-31-37(21-22-51-45)35-15-10-8-11-16-35/h8-31H,1-7H3/i2D3,8D,10D,11D,15D,16D. The van der Waals surface area contributed by atoms with Crippen molar-refractivity contribution in [3.8, 4) is 67.5 Å². The summed E-state index contributed by atoms with van der Waals surface area (Å²) >= 11 is 0. The zero-order valence-corrected chi connectivity index (χ0v) is 31.2. The second-order valence-corrected chi connectivity index (χ2v) is 14.7. The van der Waals surface area contributed by atoms with E-state index in [0.717, 1.165) is 55.6 Å². The Bertz CT molecular complexity index is 3030. The fourth-order valence-corrected chi connectivity index (χ4v) is 7.21. The van der Waals surface area contributed by atoms with E-state index in [1.807, 2.05) is 85.1 Å². The maximum Gasteiger partial charge on any atom is 0.149 e. The fraction of sp³-hybridized carbons (Fsp3) is 0.160. The molecule has 8 aromatic rings. The van der Waals surface area contributed by atoms with Gasteiger partial charge in [0.1, 0.15) is 11.6 Å². The lowest BCUT2D eigenvalue weighted by Crippen LogP contribution is -2.11. The van der Waals surface area contributed by atoms with E-state index in [1.165, 1.54) is 0 Å². The first-order valence-corrected chi connectivity index (χ1v) is 17.9. The molecule has 0 bridgehead atoms. The lowest BCUT2D eigenvalue weighted by atomic mass is 9.83. The highest BCUT2D eigenvalue weighted by atomic mass is 16.5. The Morgan fingerprint density at radius 3 is 2.22 bits per heavy atom. The van der Waals surface area contributed by atoms with E-state index in [9.17, 15) is 0 Å². The number of pyridine rings is 1. The molecule has 54 heavy (non-hydrogen) atoms. The molecule has 0 amide bonds. The Labute approximate surface area is 330 Å². The molecule has 4 nitrogen and oxygen atoms in total. The molecule has 0 saturated carbocycles. The molecule has 0 aliphatic carbocycles. The summed E-state index contributed by atoms with van der Waals surface area (Å²) in [7, 11) is 1.64. The van der Waals surface area contributed by atoms with Crippen LogP contribution in [0.5, 0.6) is 5.75 Å². The highest BCUT2D eigenvalue weighted by Gasteiger charge is 2.24. The van der Waals surface area contributed by atoms with E-state index in [-0.39, 0.29) is 28.6 Å². The zero-order chi connectivity index (χ0) is 44.4. The van der Waals surface area contributed by atoms with Crippen LogP contribution in [-0.4, -0.2) is 21.6 Å². The van der Waals surface area contributed by atoms with Crippen molar-refractivity contribution in [2.75, 3.05) is 7.11 Å². The van der Waals surface area contributed by atoms with E-state index in [1.54, 1.807) is 37.6 Å². The van der Waals surface area contributed by atoms with Crippen molar-refractivity contribution in [2.24, 2.45) is 0 Å². The first kappa shape index (κ1) is 26.5. The average Bonchev–Trinajstić information content (AvgIpc) is 3.64. The Hall–Kier alpha value is -6.26. The summed E-state index contributed by atoms with van der Waals surface area (Å²) in [5.74, 6) is 1.24. The molecular formula is C50H45N3O. The minimum atomic E-state index is -2.39. The Morgan fingerprint density at radius 2 is 1.46 bits per heavy atom. The molecule has 0 N–H and O–H groups in total. The number of para-hydroxylation sites is 1. The molecule has 0 saturated heterocycles. The summed E-state index contributed by atoms with van der Waals surface area (Å²) < 4.78 is 75.6. The minimum absolute atomic E-state index is 0.106. The predicted molar refractivity (Wildman–Crippen MR) is 226 cm³/mol. The monoisotopic (exact) mass is 711 g/mol. The largest absolute Gasteiger partial charge is 0.496 e. The van der Waals surface area contributed by atoms with E-state index in [0.29, 0.717) is 34.0 Å². The molecule has 0 fully saturated rings. The van der Waals surface area contributed by atoms with Gasteiger partial charge in [-0.15, -0.1) is 0 Å². The number of rotatable bonds is 7. The summed E-state index contributed by atoms with van der Waals surface area (Å²) in [6.45, 7) is 8.03. The van der Waals surface area contributed by atoms with Crippen molar-refractivity contribution >= 4 is 11.0 Å². The van der Waals surface area contributed by atoms with Gasteiger partial charge in [0.25, 0.3) is 0 Å². The van der Waals surface area contributed by atoms with Crippen LogP contribution < -0.4 is 4.74 Å². The number of hydrogen-bond donors (Lipinski definition) is 0. The maximum atomic E-state index is 8.64. The van der Waals surface area contributed by atoms with Gasteiger partial charge in [-0.2, -0.15) is 0 Å². The molecular weight excluding hydrogens is 659 g/mol. The molecule has 0 unspecified atom stereocenters. The van der Waals surface area contributed by atoms with Crippen molar-refractivity contribution < 1.29 is 15.7 Å². The average molecular weight is 712 g/mol. The van der Waals surface area contributed by atoms with Crippen LogP contribution in [0.3, 0.4) is 0 Å². The summed E-state index contributed by atoms with van der Waals surface area (Å²) in [5.41, 5.74) is 10.9. The number of fused-ring (bicyclic) bond motifs is 1. The second kappa shape index (κ2) is 13.9. The van der Waals surface area contributed by atoms with Gasteiger partial charge in [-0.05, 0) is 125 Å². The summed E-state index contributed by atoms with van der Waals surface area (Å²) in [4.78, 5) is 10.2. The number of nitrogens with zero attached hydrogens (tertiary/aromatic N) is 3. The van der Waals surface area contributed by atoms with Gasteiger partial charge in [0.05, 0.1) is 36.3 Å². The summed E-state index contributed by atoms with van der Waals surface area (Å²) in [6.07, 6.45) is 1.60. The highest BCUT2D eigenvalue weighted by molar-refractivity contribution is 5.97. The third-order valence-electron chi connectivity index (χ3n) is 9.79. The van der Waals surface area contributed by atoms with Gasteiger partial charge in [-0.1, -0.05) is 112 Å². The van der Waals surface area contributed by atoms with Gasteiger partial charge >= 0.3 is 0 Å². The van der Waals surface area contributed by atoms with E-state index >= 15 is 0 Å². The van der Waals surface area contributed by atoms with Crippen LogP contribution in [0.1, 0.15) is 54.0 Å². The highest BCUT2D eigenvalue weighted by Crippen LogP contribution is 2.42. The first-order valence-electron chi connectivity index (χ1n) is 21.9. The summed E-state index contributed by atoms with van der Waals surface area (Å²) in [6, 6.07) is 33.2. The van der Waals surface area contributed by atoms with Crippen molar-refractivity contribution in [1.82, 2.24) is 14.5 Å². The Balaban J connectivity index is 1.41. The Kier molecular flexibility index (Phi) is 6.84. The third-order valence-corrected chi connectivity index (χ3v) is 9.79. The molecule has 0 aliphatic heterocycles. The van der Waals surface area contributed by atoms with Crippen LogP contribution >= 0.6 is 0 Å². The molecule has 8 rings (SSSR count). The van der Waals surface area contributed by atoms with Gasteiger partial charge in [-0.3, -0.25) is 9.55 Å². The third kappa shape index (κ3) is 6.60. The number of aryl methyl sites for hydroxylation is 3. The first-order chi connectivity index (χ1) is 29.3. The minimum Gasteiger partial charge on any atom is -0.496 e. The van der Waals surface area contributed by atoms with Crippen LogP contribution in [-0.2, 0) is 5.41 Å². The molecule has 4 heteroatoms. The molecule has 0 spiro atoms. The molecule has 266 valence electrons. The van der Waals surface area contributed by atoms with Crippen molar-refractivity contribution in [2.45, 2.75) is 46.9 Å². The van der Waals surface area contributed by atoms with Gasteiger partial charge in [-0.25, -0.2) is 4.98 Å². The number of imidazole rings is 1. The van der Waals surface area contributed by atoms with Gasteiger partial charge in [0.15, 0.2) is 0 Å². The lowest BCUT2D eigenvalue weighted by molar-refractivity contribution is 0.413. The van der Waals surface area contributed by atoms with Crippen LogP contribution in [0.2, 0.25) is 0 Å². The van der Waals surface area contributed by atoms with Crippen LogP contribution in [0, 0.1) is 20.7 Å². The molecule has 0 radical (unpaired) electrons. The number of hydrogen-bond acceptors (Lipinski definition) is 3. The topological polar surface area (TPSA) is 39.9 Å².